The first kappa shape index (κ1) is 11.2. The van der Waals surface area contributed by atoms with Crippen molar-refractivity contribution in [1.82, 2.24) is 4.98 Å². The summed E-state index contributed by atoms with van der Waals surface area (Å²) < 4.78 is 4.99. The number of Topliss-reactive ketones (excluding diaryl/α,β-unsaturated/α-hetero) is 1. The van der Waals surface area contributed by atoms with Gasteiger partial charge in [-0.25, -0.2) is 4.98 Å². The van der Waals surface area contributed by atoms with E-state index >= 15 is 0 Å². The highest BCUT2D eigenvalue weighted by Gasteiger charge is 2.23. The zero-order valence-electron chi connectivity index (χ0n) is 9.43. The topological polar surface area (TPSA) is 72.2 Å². The molecule has 2 aromatic rings. The first-order valence-electron chi connectivity index (χ1n) is 5.62. The fourth-order valence-corrected chi connectivity index (χ4v) is 2.86. The second-order valence-corrected chi connectivity index (χ2v) is 5.00. The number of hydrogen-bond donors (Lipinski definition) is 1. The number of furan rings is 1. The molecule has 0 saturated carbocycles. The Morgan fingerprint density at radius 1 is 1.44 bits per heavy atom. The second-order valence-electron chi connectivity index (χ2n) is 4.00. The lowest BCUT2D eigenvalue weighted by atomic mass is 10.0. The van der Waals surface area contributed by atoms with Crippen molar-refractivity contribution in [3.05, 3.63) is 34.7 Å². The number of aromatic nitrogens is 1. The molecular weight excluding hydrogens is 252 g/mol. The number of carbonyl (C=O) groups excluding carboxylic acids is 2. The predicted molar refractivity (Wildman–Crippen MR) is 66.0 cm³/mol. The summed E-state index contributed by atoms with van der Waals surface area (Å²) in [7, 11) is 0. The zero-order chi connectivity index (χ0) is 12.5. The maximum Gasteiger partial charge on any atom is 0.293 e. The summed E-state index contributed by atoms with van der Waals surface area (Å²) >= 11 is 1.23. The Bertz CT molecular complexity index is 601. The molecule has 18 heavy (non-hydrogen) atoms. The largest absolute Gasteiger partial charge is 0.459 e. The van der Waals surface area contributed by atoms with Gasteiger partial charge in [0.25, 0.3) is 5.91 Å². The molecule has 5 nitrogen and oxygen atoms in total. The predicted octanol–water partition coefficient (Wildman–Crippen LogP) is 2.51. The van der Waals surface area contributed by atoms with Crippen LogP contribution in [0.2, 0.25) is 0 Å². The van der Waals surface area contributed by atoms with E-state index in [1.165, 1.54) is 17.6 Å². The molecule has 0 radical (unpaired) electrons. The van der Waals surface area contributed by atoms with Crippen LogP contribution in [-0.4, -0.2) is 16.7 Å². The minimum Gasteiger partial charge on any atom is -0.459 e. The summed E-state index contributed by atoms with van der Waals surface area (Å²) in [5.74, 6) is 0.000270. The third kappa shape index (κ3) is 1.95. The molecule has 6 heteroatoms. The molecule has 0 bridgehead atoms. The number of aryl methyl sites for hydroxylation is 1. The fourth-order valence-electron chi connectivity index (χ4n) is 1.89. The summed E-state index contributed by atoms with van der Waals surface area (Å²) in [6.07, 6.45) is 3.64. The molecular formula is C12H10N2O3S. The van der Waals surface area contributed by atoms with Gasteiger partial charge in [0.15, 0.2) is 16.7 Å². The zero-order valence-corrected chi connectivity index (χ0v) is 10.3. The van der Waals surface area contributed by atoms with Crippen LogP contribution in [0.25, 0.3) is 0 Å². The van der Waals surface area contributed by atoms with E-state index in [9.17, 15) is 9.59 Å². The summed E-state index contributed by atoms with van der Waals surface area (Å²) in [4.78, 5) is 28.4. The maximum atomic E-state index is 11.7. The van der Waals surface area contributed by atoms with Gasteiger partial charge in [0.05, 0.1) is 16.8 Å². The molecule has 1 N–H and O–H groups in total. The van der Waals surface area contributed by atoms with Crippen molar-refractivity contribution in [2.24, 2.45) is 0 Å². The lowest BCUT2D eigenvalue weighted by molar-refractivity contribution is 0.0974. The van der Waals surface area contributed by atoms with Crippen molar-refractivity contribution in [3.8, 4) is 0 Å². The van der Waals surface area contributed by atoms with Crippen molar-refractivity contribution in [2.45, 2.75) is 19.3 Å². The van der Waals surface area contributed by atoms with E-state index < -0.39 is 0 Å². The number of anilines is 1. The highest BCUT2D eigenvalue weighted by Crippen LogP contribution is 2.29. The Kier molecular flexibility index (Phi) is 2.71. The standard InChI is InChI=1S/C12H10N2O3S/c15-8-4-1-3-7-10(8)18-12(13-7)14-11(16)9-5-2-6-17-9/h2,5-6H,1,3-4H2,(H,13,14,16). The number of hydrogen-bond acceptors (Lipinski definition) is 5. The molecule has 1 aliphatic rings. The molecule has 0 spiro atoms. The fraction of sp³-hybridized carbons (Fsp3) is 0.250. The van der Waals surface area contributed by atoms with Gasteiger partial charge in [-0.05, 0) is 25.0 Å². The van der Waals surface area contributed by atoms with Gasteiger partial charge >= 0.3 is 0 Å². The minimum atomic E-state index is -0.349. The molecule has 92 valence electrons. The van der Waals surface area contributed by atoms with Crippen LogP contribution in [0.4, 0.5) is 5.13 Å². The van der Waals surface area contributed by atoms with Crippen LogP contribution in [0.5, 0.6) is 0 Å². The number of fused-ring (bicyclic) bond motifs is 1. The van der Waals surface area contributed by atoms with Gasteiger partial charge in [-0.3, -0.25) is 14.9 Å². The summed E-state index contributed by atoms with van der Waals surface area (Å²) in [6, 6.07) is 3.22. The Labute approximate surface area is 107 Å². The molecule has 0 aromatic carbocycles. The molecule has 0 atom stereocenters. The lowest BCUT2D eigenvalue weighted by Crippen LogP contribution is -2.10. The van der Waals surface area contributed by atoms with Gasteiger partial charge in [0, 0.05) is 6.42 Å². The number of rotatable bonds is 2. The number of thiazole rings is 1. The number of nitrogens with zero attached hydrogens (tertiary/aromatic N) is 1. The number of amides is 1. The highest BCUT2D eigenvalue weighted by atomic mass is 32.1. The Balaban J connectivity index is 1.82. The van der Waals surface area contributed by atoms with Crippen LogP contribution in [0.1, 0.15) is 38.8 Å². The van der Waals surface area contributed by atoms with Gasteiger partial charge < -0.3 is 4.42 Å². The first-order chi connectivity index (χ1) is 8.74. The van der Waals surface area contributed by atoms with Crippen molar-refractivity contribution in [2.75, 3.05) is 5.32 Å². The van der Waals surface area contributed by atoms with E-state index in [1.807, 2.05) is 0 Å². The summed E-state index contributed by atoms with van der Waals surface area (Å²) in [5, 5.41) is 3.10. The third-order valence-corrected chi connectivity index (χ3v) is 3.79. The summed E-state index contributed by atoms with van der Waals surface area (Å²) in [5.41, 5.74) is 0.797. The van der Waals surface area contributed by atoms with Gasteiger partial charge in [0.2, 0.25) is 0 Å². The van der Waals surface area contributed by atoms with Crippen molar-refractivity contribution >= 4 is 28.2 Å². The molecule has 1 aliphatic carbocycles. The molecule has 0 aliphatic heterocycles. The molecule has 0 saturated heterocycles. The Hall–Kier alpha value is -1.95. The Morgan fingerprint density at radius 2 is 2.33 bits per heavy atom. The lowest BCUT2D eigenvalue weighted by Gasteiger charge is -2.05. The normalized spacial score (nSPS) is 14.3. The SMILES string of the molecule is O=C(Nc1nc2c(s1)C(=O)CCC2)c1ccco1. The van der Waals surface area contributed by atoms with Crippen LogP contribution < -0.4 is 5.32 Å². The quantitative estimate of drug-likeness (QED) is 0.902. The van der Waals surface area contributed by atoms with Crippen LogP contribution in [0, 0.1) is 0 Å². The van der Waals surface area contributed by atoms with Crippen LogP contribution in [0.3, 0.4) is 0 Å². The monoisotopic (exact) mass is 262 g/mol. The number of ketones is 1. The molecule has 3 rings (SSSR count). The average molecular weight is 262 g/mol. The van der Waals surface area contributed by atoms with Gasteiger partial charge in [-0.1, -0.05) is 11.3 Å². The van der Waals surface area contributed by atoms with Gasteiger partial charge in [-0.2, -0.15) is 0 Å². The maximum absolute atomic E-state index is 11.7. The van der Waals surface area contributed by atoms with E-state index in [1.54, 1.807) is 12.1 Å². The molecule has 2 aromatic heterocycles. The number of nitrogens with one attached hydrogen (secondary N) is 1. The first-order valence-corrected chi connectivity index (χ1v) is 6.43. The highest BCUT2D eigenvalue weighted by molar-refractivity contribution is 7.17. The van der Waals surface area contributed by atoms with Gasteiger partial charge in [0.1, 0.15) is 0 Å². The average Bonchev–Trinajstić information content (AvgIpc) is 2.97. The van der Waals surface area contributed by atoms with E-state index in [2.05, 4.69) is 10.3 Å². The summed E-state index contributed by atoms with van der Waals surface area (Å²) in [6.45, 7) is 0. The van der Waals surface area contributed by atoms with Gasteiger partial charge in [-0.15, -0.1) is 0 Å². The smallest absolute Gasteiger partial charge is 0.293 e. The van der Waals surface area contributed by atoms with Crippen LogP contribution in [0.15, 0.2) is 22.8 Å². The molecule has 0 unspecified atom stereocenters. The molecule has 1 amide bonds. The minimum absolute atomic E-state index is 0.118. The van der Waals surface area contributed by atoms with Crippen molar-refractivity contribution < 1.29 is 14.0 Å². The Morgan fingerprint density at radius 3 is 3.06 bits per heavy atom. The van der Waals surface area contributed by atoms with E-state index in [-0.39, 0.29) is 17.5 Å². The van der Waals surface area contributed by atoms with E-state index in [0.717, 1.165) is 18.5 Å². The number of carbonyl (C=O) groups is 2. The van der Waals surface area contributed by atoms with Crippen LogP contribution >= 0.6 is 11.3 Å². The van der Waals surface area contributed by atoms with Crippen LogP contribution in [-0.2, 0) is 6.42 Å². The van der Waals surface area contributed by atoms with E-state index in [4.69, 9.17) is 4.42 Å². The molecule has 0 fully saturated rings. The third-order valence-electron chi connectivity index (χ3n) is 2.73. The van der Waals surface area contributed by atoms with E-state index in [0.29, 0.717) is 16.4 Å². The molecule has 2 heterocycles. The van der Waals surface area contributed by atoms with Crippen molar-refractivity contribution in [3.63, 3.8) is 0 Å². The second kappa shape index (κ2) is 4.38. The van der Waals surface area contributed by atoms with Crippen molar-refractivity contribution in [1.29, 1.82) is 0 Å².